The molecule has 1 N–H and O–H groups in total. The zero-order valence-electron chi connectivity index (χ0n) is 25.8. The Balaban J connectivity index is 1.75. The molecule has 1 unspecified atom stereocenters. The van der Waals surface area contributed by atoms with Crippen LogP contribution in [0.1, 0.15) is 61.3 Å². The number of hydrogen-bond acceptors (Lipinski definition) is 5. The Bertz CT molecular complexity index is 1530. The summed E-state index contributed by atoms with van der Waals surface area (Å²) in [4.78, 5) is 29.6. The summed E-state index contributed by atoms with van der Waals surface area (Å²) in [5.74, 6) is -0.0505. The largest absolute Gasteiger partial charge is 0.497 e. The number of nitrogens with zero attached hydrogens (tertiary/aromatic N) is 2. The Hall–Kier alpha value is -3.85. The normalized spacial score (nSPS) is 14.3. The van der Waals surface area contributed by atoms with Gasteiger partial charge in [0.05, 0.1) is 17.7 Å². The number of benzene rings is 3. The minimum absolute atomic E-state index is 0.0867. The Morgan fingerprint density at radius 2 is 1.65 bits per heavy atom. The van der Waals surface area contributed by atoms with Gasteiger partial charge in [0, 0.05) is 12.6 Å². The van der Waals surface area contributed by atoms with E-state index in [1.54, 1.807) is 43.5 Å². The Morgan fingerprint density at radius 1 is 0.977 bits per heavy atom. The molecule has 1 aliphatic rings. The van der Waals surface area contributed by atoms with Gasteiger partial charge in [-0.3, -0.25) is 13.9 Å². The molecule has 8 nitrogen and oxygen atoms in total. The fourth-order valence-electron chi connectivity index (χ4n) is 5.61. The minimum atomic E-state index is -4.13. The number of amides is 2. The molecule has 0 aromatic heterocycles. The first-order chi connectivity index (χ1) is 20.5. The molecule has 230 valence electrons. The number of rotatable bonds is 12. The Kier molecular flexibility index (Phi) is 10.5. The maximum absolute atomic E-state index is 14.4. The summed E-state index contributed by atoms with van der Waals surface area (Å²) >= 11 is 0. The van der Waals surface area contributed by atoms with E-state index >= 15 is 0 Å². The second-order valence-electron chi connectivity index (χ2n) is 11.3. The van der Waals surface area contributed by atoms with Crippen LogP contribution in [0.2, 0.25) is 0 Å². The van der Waals surface area contributed by atoms with Crippen LogP contribution in [0.25, 0.3) is 0 Å². The van der Waals surface area contributed by atoms with Crippen LogP contribution in [0, 0.1) is 20.8 Å². The molecule has 0 spiro atoms. The Morgan fingerprint density at radius 3 is 2.30 bits per heavy atom. The number of carbonyl (C=O) groups excluding carboxylic acids is 2. The molecule has 4 rings (SSSR count). The van der Waals surface area contributed by atoms with Crippen LogP contribution in [0.4, 0.5) is 5.69 Å². The van der Waals surface area contributed by atoms with E-state index in [1.807, 2.05) is 58.0 Å². The number of methoxy groups -OCH3 is 1. The number of hydrogen-bond donors (Lipinski definition) is 1. The SMILES string of the molecule is CCC(C(=O)NC1CCCC1)N(Cc1cccc(OC)c1)C(=O)CN(c1cccc(C)c1C)S(=O)(=O)c1ccc(C)cc1. The van der Waals surface area contributed by atoms with E-state index in [0.717, 1.165) is 47.9 Å². The summed E-state index contributed by atoms with van der Waals surface area (Å²) in [6.07, 6.45) is 4.34. The predicted molar refractivity (Wildman–Crippen MR) is 170 cm³/mol. The van der Waals surface area contributed by atoms with Crippen molar-refractivity contribution in [2.75, 3.05) is 18.0 Å². The van der Waals surface area contributed by atoms with E-state index in [0.29, 0.717) is 17.9 Å². The highest BCUT2D eigenvalue weighted by molar-refractivity contribution is 7.92. The number of nitrogens with one attached hydrogen (secondary N) is 1. The summed E-state index contributed by atoms with van der Waals surface area (Å²) in [6, 6.07) is 18.7. The molecule has 1 aliphatic carbocycles. The quantitative estimate of drug-likeness (QED) is 0.287. The predicted octanol–water partition coefficient (Wildman–Crippen LogP) is 5.68. The van der Waals surface area contributed by atoms with Gasteiger partial charge in [-0.25, -0.2) is 8.42 Å². The van der Waals surface area contributed by atoms with Gasteiger partial charge in [-0.05, 0) is 87.1 Å². The van der Waals surface area contributed by atoms with Gasteiger partial charge in [0.1, 0.15) is 18.3 Å². The molecule has 9 heteroatoms. The number of aryl methyl sites for hydroxylation is 2. The van der Waals surface area contributed by atoms with Gasteiger partial charge in [-0.2, -0.15) is 0 Å². The summed E-state index contributed by atoms with van der Waals surface area (Å²) in [6.45, 7) is 7.18. The molecular formula is C34H43N3O5S. The third-order valence-corrected chi connectivity index (χ3v) is 10.1. The number of sulfonamides is 1. The van der Waals surface area contributed by atoms with E-state index in [1.165, 1.54) is 9.21 Å². The van der Waals surface area contributed by atoms with Crippen molar-refractivity contribution in [3.05, 3.63) is 89.0 Å². The van der Waals surface area contributed by atoms with Crippen LogP contribution in [0.15, 0.2) is 71.6 Å². The fourth-order valence-corrected chi connectivity index (χ4v) is 7.08. The van der Waals surface area contributed by atoms with Gasteiger partial charge in [-0.15, -0.1) is 0 Å². The number of ether oxygens (including phenoxy) is 1. The van der Waals surface area contributed by atoms with Crippen molar-refractivity contribution in [2.24, 2.45) is 0 Å². The molecule has 0 saturated heterocycles. The summed E-state index contributed by atoms with van der Waals surface area (Å²) < 4.78 is 34.9. The smallest absolute Gasteiger partial charge is 0.264 e. The van der Waals surface area contributed by atoms with E-state index in [-0.39, 0.29) is 23.4 Å². The molecule has 0 heterocycles. The number of carbonyl (C=O) groups is 2. The zero-order valence-corrected chi connectivity index (χ0v) is 26.6. The average Bonchev–Trinajstić information content (AvgIpc) is 3.50. The van der Waals surface area contributed by atoms with Crippen molar-refractivity contribution in [1.82, 2.24) is 10.2 Å². The molecule has 3 aromatic rings. The highest BCUT2D eigenvalue weighted by atomic mass is 32.2. The number of anilines is 1. The van der Waals surface area contributed by atoms with Crippen molar-refractivity contribution in [3.8, 4) is 5.75 Å². The zero-order chi connectivity index (χ0) is 31.1. The minimum Gasteiger partial charge on any atom is -0.497 e. The van der Waals surface area contributed by atoms with Gasteiger partial charge in [-0.1, -0.05) is 61.7 Å². The lowest BCUT2D eigenvalue weighted by molar-refractivity contribution is -0.140. The highest BCUT2D eigenvalue weighted by Crippen LogP contribution is 2.30. The third kappa shape index (κ3) is 7.57. The summed E-state index contributed by atoms with van der Waals surface area (Å²) in [7, 11) is -2.55. The molecule has 0 radical (unpaired) electrons. The first-order valence-corrected chi connectivity index (χ1v) is 16.4. The molecule has 1 atom stereocenters. The molecular weight excluding hydrogens is 562 g/mol. The summed E-state index contributed by atoms with van der Waals surface area (Å²) in [5, 5.41) is 3.15. The van der Waals surface area contributed by atoms with Gasteiger partial charge < -0.3 is 15.0 Å². The fraction of sp³-hybridized carbons (Fsp3) is 0.412. The van der Waals surface area contributed by atoms with Crippen molar-refractivity contribution in [1.29, 1.82) is 0 Å². The van der Waals surface area contributed by atoms with E-state index in [4.69, 9.17) is 4.74 Å². The second-order valence-corrected chi connectivity index (χ2v) is 13.2. The van der Waals surface area contributed by atoms with Gasteiger partial charge in [0.25, 0.3) is 10.0 Å². The van der Waals surface area contributed by atoms with Crippen LogP contribution in [-0.4, -0.2) is 50.9 Å². The molecule has 3 aromatic carbocycles. The lowest BCUT2D eigenvalue weighted by Crippen LogP contribution is -2.53. The third-order valence-electron chi connectivity index (χ3n) is 8.31. The van der Waals surface area contributed by atoms with Crippen LogP contribution in [0.3, 0.4) is 0 Å². The van der Waals surface area contributed by atoms with Gasteiger partial charge in [0.15, 0.2) is 0 Å². The monoisotopic (exact) mass is 605 g/mol. The van der Waals surface area contributed by atoms with Crippen molar-refractivity contribution in [2.45, 2.75) is 83.3 Å². The first kappa shape index (κ1) is 32.1. The Labute approximate surface area is 256 Å². The first-order valence-electron chi connectivity index (χ1n) is 14.9. The molecule has 0 aliphatic heterocycles. The topological polar surface area (TPSA) is 96.0 Å². The van der Waals surface area contributed by atoms with Crippen molar-refractivity contribution in [3.63, 3.8) is 0 Å². The van der Waals surface area contributed by atoms with E-state index < -0.39 is 28.5 Å². The van der Waals surface area contributed by atoms with Gasteiger partial charge in [0.2, 0.25) is 11.8 Å². The summed E-state index contributed by atoms with van der Waals surface area (Å²) in [5.41, 5.74) is 3.80. The van der Waals surface area contributed by atoms with Crippen molar-refractivity contribution >= 4 is 27.5 Å². The average molecular weight is 606 g/mol. The van der Waals surface area contributed by atoms with Crippen LogP contribution < -0.4 is 14.4 Å². The standard InChI is InChI=1S/C34H43N3O5S/c1-6-31(34(39)35-28-13-7-8-14-28)36(22-27-12-10-15-29(21-27)42-5)33(38)23-37(32-16-9-11-25(3)26(32)4)43(40,41)30-19-17-24(2)18-20-30/h9-12,15-21,28,31H,6-8,13-14,22-23H2,1-5H3,(H,35,39). The lowest BCUT2D eigenvalue weighted by atomic mass is 10.1. The molecule has 0 bridgehead atoms. The van der Waals surface area contributed by atoms with Crippen molar-refractivity contribution < 1.29 is 22.7 Å². The maximum Gasteiger partial charge on any atom is 0.264 e. The second kappa shape index (κ2) is 14.1. The van der Waals surface area contributed by atoms with Crippen LogP contribution in [-0.2, 0) is 26.2 Å². The maximum atomic E-state index is 14.4. The van der Waals surface area contributed by atoms with Crippen LogP contribution in [0.5, 0.6) is 5.75 Å². The van der Waals surface area contributed by atoms with E-state index in [2.05, 4.69) is 5.32 Å². The van der Waals surface area contributed by atoms with E-state index in [9.17, 15) is 18.0 Å². The highest BCUT2D eigenvalue weighted by Gasteiger charge is 2.35. The molecule has 1 saturated carbocycles. The van der Waals surface area contributed by atoms with Gasteiger partial charge >= 0.3 is 0 Å². The molecule has 1 fully saturated rings. The molecule has 2 amide bonds. The molecule has 43 heavy (non-hydrogen) atoms. The lowest BCUT2D eigenvalue weighted by Gasteiger charge is -2.34. The van der Waals surface area contributed by atoms with Crippen LogP contribution >= 0.6 is 0 Å².